The SMILES string of the molecule is Br.Br.Cn1ccn(C)[c]1=[Pt].NCc1ccccc1. The van der Waals surface area contributed by atoms with Crippen LogP contribution in [0.25, 0.3) is 0 Å². The maximum Gasteiger partial charge on any atom is 0.0178 e. The Morgan fingerprint density at radius 3 is 1.67 bits per heavy atom. The van der Waals surface area contributed by atoms with Crippen molar-refractivity contribution in [2.24, 2.45) is 19.8 Å². The van der Waals surface area contributed by atoms with Gasteiger partial charge in [0.25, 0.3) is 0 Å². The molecule has 1 heterocycles. The van der Waals surface area contributed by atoms with E-state index in [1.54, 1.807) is 0 Å². The monoisotopic (exact) mass is 558 g/mol. The van der Waals surface area contributed by atoms with Crippen molar-refractivity contribution in [2.75, 3.05) is 0 Å². The van der Waals surface area contributed by atoms with E-state index in [0.717, 1.165) is 0 Å². The van der Waals surface area contributed by atoms with Gasteiger partial charge in [0.05, 0.1) is 0 Å². The van der Waals surface area contributed by atoms with Gasteiger partial charge >= 0.3 is 58.8 Å². The second kappa shape index (κ2) is 10.9. The van der Waals surface area contributed by atoms with Crippen molar-refractivity contribution in [1.29, 1.82) is 0 Å². The van der Waals surface area contributed by atoms with Gasteiger partial charge in [-0.25, -0.2) is 0 Å². The van der Waals surface area contributed by atoms with Crippen molar-refractivity contribution in [1.82, 2.24) is 9.13 Å². The zero-order valence-corrected chi connectivity index (χ0v) is 16.1. The summed E-state index contributed by atoms with van der Waals surface area (Å²) in [5.41, 5.74) is 6.54. The fourth-order valence-electron chi connectivity index (χ4n) is 1.18. The molecule has 0 saturated heterocycles. The Morgan fingerprint density at radius 2 is 1.44 bits per heavy atom. The molecule has 0 radical (unpaired) electrons. The zero-order chi connectivity index (χ0) is 12.0. The number of benzene rings is 1. The van der Waals surface area contributed by atoms with Gasteiger partial charge in [-0.3, -0.25) is 0 Å². The van der Waals surface area contributed by atoms with Crippen molar-refractivity contribution in [3.05, 3.63) is 52.1 Å². The number of rotatable bonds is 1. The number of halogens is 2. The van der Waals surface area contributed by atoms with Crippen LogP contribution in [-0.4, -0.2) is 9.13 Å². The minimum Gasteiger partial charge on any atom is -0.326 e. The van der Waals surface area contributed by atoms with Crippen LogP contribution in [0.4, 0.5) is 0 Å². The minimum absolute atomic E-state index is 0. The molecule has 3 nitrogen and oxygen atoms in total. The van der Waals surface area contributed by atoms with Gasteiger partial charge in [-0.15, -0.1) is 34.0 Å². The van der Waals surface area contributed by atoms with E-state index in [9.17, 15) is 0 Å². The summed E-state index contributed by atoms with van der Waals surface area (Å²) in [5.74, 6) is 0. The summed E-state index contributed by atoms with van der Waals surface area (Å²) in [6.07, 6.45) is 4.06. The van der Waals surface area contributed by atoms with Gasteiger partial charge < -0.3 is 5.73 Å². The van der Waals surface area contributed by atoms with Crippen molar-refractivity contribution in [2.45, 2.75) is 6.54 Å². The number of aromatic nitrogens is 2. The van der Waals surface area contributed by atoms with E-state index in [1.165, 1.54) is 9.37 Å². The molecular formula is C12H19Br2N3Pt. The minimum atomic E-state index is 0. The van der Waals surface area contributed by atoms with Crippen LogP contribution in [-0.2, 0) is 40.0 Å². The van der Waals surface area contributed by atoms with Crippen LogP contribution in [0, 0.1) is 3.80 Å². The van der Waals surface area contributed by atoms with Gasteiger partial charge in [0, 0.05) is 6.54 Å². The Hall–Kier alpha value is 0.0383. The molecule has 0 amide bonds. The molecule has 0 fully saturated rings. The van der Waals surface area contributed by atoms with Crippen LogP contribution in [0.1, 0.15) is 5.56 Å². The fourth-order valence-corrected chi connectivity index (χ4v) is 1.52. The summed E-state index contributed by atoms with van der Waals surface area (Å²) in [5, 5.41) is 0. The van der Waals surface area contributed by atoms with Crippen LogP contribution in [0.2, 0.25) is 0 Å². The molecule has 0 aliphatic heterocycles. The average molecular weight is 560 g/mol. The largest absolute Gasteiger partial charge is 0.326 e. The first-order chi connectivity index (χ1) is 7.65. The van der Waals surface area contributed by atoms with E-state index in [-0.39, 0.29) is 34.0 Å². The summed E-state index contributed by atoms with van der Waals surface area (Å²) in [4.78, 5) is 0. The standard InChI is InChI=1S/C7H9N.C5H8N2.2BrH.Pt/c8-6-7-4-2-1-3-5-7;1-6-3-4-7(2)5-6;;;/h1-5H,6,8H2;3-4H,1-2H3;2*1H;. The van der Waals surface area contributed by atoms with E-state index in [1.807, 2.05) is 56.8 Å². The smallest absolute Gasteiger partial charge is 0.0178 e. The summed E-state index contributed by atoms with van der Waals surface area (Å²) in [7, 11) is 4.06. The van der Waals surface area contributed by atoms with Crippen molar-refractivity contribution in [3.8, 4) is 0 Å². The average Bonchev–Trinajstić information content (AvgIpc) is 2.62. The molecule has 0 aliphatic carbocycles. The van der Waals surface area contributed by atoms with Crippen LogP contribution < -0.4 is 5.73 Å². The molecule has 2 aromatic rings. The molecule has 0 atom stereocenters. The Balaban J connectivity index is 0. The second-order valence-electron chi connectivity index (χ2n) is 3.45. The molecule has 0 unspecified atom stereocenters. The molecular weight excluding hydrogens is 541 g/mol. The predicted octanol–water partition coefficient (Wildman–Crippen LogP) is 2.74. The molecule has 0 saturated carbocycles. The summed E-state index contributed by atoms with van der Waals surface area (Å²) >= 11 is 2.27. The van der Waals surface area contributed by atoms with Crippen LogP contribution >= 0.6 is 34.0 Å². The summed E-state index contributed by atoms with van der Waals surface area (Å²) < 4.78 is 5.38. The molecule has 106 valence electrons. The Morgan fingerprint density at radius 1 is 1.00 bits per heavy atom. The van der Waals surface area contributed by atoms with Gasteiger partial charge in [0.2, 0.25) is 0 Å². The van der Waals surface area contributed by atoms with E-state index >= 15 is 0 Å². The molecule has 1 aromatic carbocycles. The molecule has 2 N–H and O–H groups in total. The van der Waals surface area contributed by atoms with Crippen molar-refractivity contribution in [3.63, 3.8) is 0 Å². The first-order valence-corrected chi connectivity index (χ1v) is 6.16. The van der Waals surface area contributed by atoms with Crippen LogP contribution in [0.3, 0.4) is 0 Å². The third kappa shape index (κ3) is 6.83. The zero-order valence-electron chi connectivity index (χ0n) is 10.4. The number of nitrogens with two attached hydrogens (primary N) is 1. The maximum atomic E-state index is 5.35. The van der Waals surface area contributed by atoms with Gasteiger partial charge in [0.1, 0.15) is 0 Å². The maximum absolute atomic E-state index is 5.35. The van der Waals surface area contributed by atoms with Gasteiger partial charge in [-0.05, 0) is 5.56 Å². The first kappa shape index (κ1) is 20.4. The number of hydrogen-bond acceptors (Lipinski definition) is 1. The van der Waals surface area contributed by atoms with Crippen molar-refractivity contribution >= 4 is 34.0 Å². The quantitative estimate of drug-likeness (QED) is 0.573. The van der Waals surface area contributed by atoms with Gasteiger partial charge in [-0.1, -0.05) is 30.3 Å². The molecule has 6 heteroatoms. The van der Waals surface area contributed by atoms with E-state index in [2.05, 4.69) is 28.5 Å². The topological polar surface area (TPSA) is 35.9 Å². The number of imidazole rings is 1. The Labute approximate surface area is 140 Å². The number of hydrogen-bond donors (Lipinski definition) is 1. The van der Waals surface area contributed by atoms with E-state index < -0.39 is 0 Å². The number of aryl methyl sites for hydroxylation is 2. The third-order valence-electron chi connectivity index (χ3n) is 2.13. The van der Waals surface area contributed by atoms with Crippen LogP contribution in [0.5, 0.6) is 0 Å². The normalized spacial score (nSPS) is 8.50. The summed E-state index contributed by atoms with van der Waals surface area (Å²) in [6.45, 7) is 0.640. The van der Waals surface area contributed by atoms with Gasteiger partial charge in [-0.2, -0.15) is 0 Å². The second-order valence-corrected chi connectivity index (χ2v) is 4.47. The molecule has 0 spiro atoms. The van der Waals surface area contributed by atoms with E-state index in [0.29, 0.717) is 6.54 Å². The molecule has 0 bridgehead atoms. The Kier molecular flexibility index (Phi) is 12.3. The molecule has 1 aromatic heterocycles. The third-order valence-corrected chi connectivity index (χ3v) is 3.73. The fraction of sp³-hybridized carbons (Fsp3) is 0.250. The number of nitrogens with zero attached hydrogens (tertiary/aromatic N) is 2. The molecule has 0 aliphatic rings. The predicted molar refractivity (Wildman–Crippen MR) is 82.6 cm³/mol. The molecule has 18 heavy (non-hydrogen) atoms. The summed E-state index contributed by atoms with van der Waals surface area (Å²) in [6, 6.07) is 9.99. The van der Waals surface area contributed by atoms with Gasteiger partial charge in [0.15, 0.2) is 0 Å². The van der Waals surface area contributed by atoms with Crippen LogP contribution in [0.15, 0.2) is 42.7 Å². The first-order valence-electron chi connectivity index (χ1n) is 5.02. The Bertz CT molecular complexity index is 457. The molecule has 2 rings (SSSR count). The van der Waals surface area contributed by atoms with E-state index in [4.69, 9.17) is 5.73 Å². The van der Waals surface area contributed by atoms with Crippen molar-refractivity contribution < 1.29 is 19.4 Å².